The Morgan fingerprint density at radius 3 is 2.50 bits per heavy atom. The van der Waals surface area contributed by atoms with Crippen molar-refractivity contribution < 1.29 is 4.84 Å². The van der Waals surface area contributed by atoms with E-state index in [-0.39, 0.29) is 5.54 Å². The van der Waals surface area contributed by atoms with Gasteiger partial charge in [0.05, 0.1) is 6.10 Å². The summed E-state index contributed by atoms with van der Waals surface area (Å²) in [5.41, 5.74) is 0.124. The third-order valence-electron chi connectivity index (χ3n) is 3.29. The van der Waals surface area contributed by atoms with Gasteiger partial charge in [-0.05, 0) is 40.5 Å². The van der Waals surface area contributed by atoms with E-state index < -0.39 is 0 Å². The molecule has 1 aliphatic heterocycles. The Morgan fingerprint density at radius 2 is 1.86 bits per heavy atom. The highest BCUT2D eigenvalue weighted by Crippen LogP contribution is 2.39. The second kappa shape index (κ2) is 3.35. The minimum atomic E-state index is 0.124. The van der Waals surface area contributed by atoms with Crippen molar-refractivity contribution in [2.24, 2.45) is 5.92 Å². The summed E-state index contributed by atoms with van der Waals surface area (Å²) in [6, 6.07) is 0.593. The van der Waals surface area contributed by atoms with E-state index in [0.717, 1.165) is 6.42 Å². The van der Waals surface area contributed by atoms with Crippen LogP contribution in [0.2, 0.25) is 0 Å². The van der Waals surface area contributed by atoms with Crippen LogP contribution < -0.4 is 0 Å². The van der Waals surface area contributed by atoms with Gasteiger partial charge in [0, 0.05) is 17.5 Å². The summed E-state index contributed by atoms with van der Waals surface area (Å²) in [4.78, 5) is 5.97. The normalized spacial score (nSPS) is 38.7. The highest BCUT2D eigenvalue weighted by Gasteiger charge is 2.45. The van der Waals surface area contributed by atoms with Gasteiger partial charge in [-0.15, -0.1) is 0 Å². The molecule has 2 rings (SSSR count). The maximum Gasteiger partial charge on any atom is 0.0812 e. The first-order valence-corrected chi connectivity index (χ1v) is 5.61. The van der Waals surface area contributed by atoms with Crippen molar-refractivity contribution in [1.29, 1.82) is 0 Å². The molecule has 0 aromatic carbocycles. The minimum absolute atomic E-state index is 0.124. The quantitative estimate of drug-likeness (QED) is 0.551. The number of hydrogen-bond acceptors (Lipinski definition) is 2. The van der Waals surface area contributed by atoms with Crippen molar-refractivity contribution in [2.75, 3.05) is 0 Å². The van der Waals surface area contributed by atoms with Crippen molar-refractivity contribution in [2.45, 2.75) is 58.2 Å². The highest BCUT2D eigenvalue weighted by molar-refractivity contribution is 5.03. The zero-order chi connectivity index (χ0) is 10.3. The van der Waals surface area contributed by atoms with Gasteiger partial charge in [0.25, 0.3) is 0 Å². The summed E-state index contributed by atoms with van der Waals surface area (Å²) in [5.74, 6) is 0.694. The molecule has 1 heterocycles. The van der Waals surface area contributed by atoms with Crippen LogP contribution in [0, 0.1) is 5.92 Å². The van der Waals surface area contributed by atoms with E-state index in [1.54, 1.807) is 0 Å². The van der Waals surface area contributed by atoms with E-state index in [9.17, 15) is 0 Å². The van der Waals surface area contributed by atoms with Gasteiger partial charge < -0.3 is 0 Å². The first-order valence-electron chi connectivity index (χ1n) is 5.61. The summed E-state index contributed by atoms with van der Waals surface area (Å²) in [6.07, 6.45) is 7.29. The predicted octanol–water partition coefficient (Wildman–Crippen LogP) is 2.76. The van der Waals surface area contributed by atoms with Crippen molar-refractivity contribution in [3.8, 4) is 0 Å². The lowest BCUT2D eigenvalue weighted by atomic mass is 9.85. The molecule has 0 radical (unpaired) electrons. The lowest BCUT2D eigenvalue weighted by Gasteiger charge is -2.36. The van der Waals surface area contributed by atoms with E-state index in [1.807, 2.05) is 0 Å². The zero-order valence-electron chi connectivity index (χ0n) is 9.66. The van der Waals surface area contributed by atoms with E-state index in [4.69, 9.17) is 4.84 Å². The Morgan fingerprint density at radius 1 is 1.21 bits per heavy atom. The van der Waals surface area contributed by atoms with Gasteiger partial charge in [-0.2, -0.15) is 5.06 Å². The molecular weight excluding hydrogens is 174 g/mol. The summed E-state index contributed by atoms with van der Waals surface area (Å²) in [6.45, 7) is 8.86. The fourth-order valence-corrected chi connectivity index (χ4v) is 2.59. The van der Waals surface area contributed by atoms with Crippen LogP contribution >= 0.6 is 0 Å². The molecule has 1 saturated heterocycles. The standard InChI is InChI=1S/C12H21NO/c1-9-10-7-5-6-8-11(10)13(14-9)12(2,3)4/h5-6,9-11H,7-8H2,1-4H3. The molecule has 0 spiro atoms. The molecule has 2 nitrogen and oxygen atoms in total. The molecule has 1 aliphatic carbocycles. The molecule has 0 bridgehead atoms. The fourth-order valence-electron chi connectivity index (χ4n) is 2.59. The summed E-state index contributed by atoms with van der Waals surface area (Å²) < 4.78 is 0. The van der Waals surface area contributed by atoms with Crippen LogP contribution in [0.3, 0.4) is 0 Å². The molecule has 0 saturated carbocycles. The average molecular weight is 195 g/mol. The monoisotopic (exact) mass is 195 g/mol. The van der Waals surface area contributed by atoms with Crippen LogP contribution in [0.1, 0.15) is 40.5 Å². The second-order valence-corrected chi connectivity index (χ2v) is 5.48. The summed E-state index contributed by atoms with van der Waals surface area (Å²) >= 11 is 0. The molecule has 2 heteroatoms. The van der Waals surface area contributed by atoms with Gasteiger partial charge in [-0.3, -0.25) is 4.84 Å². The van der Waals surface area contributed by atoms with E-state index >= 15 is 0 Å². The van der Waals surface area contributed by atoms with Gasteiger partial charge >= 0.3 is 0 Å². The van der Waals surface area contributed by atoms with Crippen LogP contribution in [0.25, 0.3) is 0 Å². The van der Waals surface area contributed by atoms with Gasteiger partial charge in [-0.1, -0.05) is 12.2 Å². The number of hydroxylamine groups is 2. The second-order valence-electron chi connectivity index (χ2n) is 5.48. The minimum Gasteiger partial charge on any atom is -0.295 e. The van der Waals surface area contributed by atoms with Crippen molar-refractivity contribution in [3.05, 3.63) is 12.2 Å². The maximum absolute atomic E-state index is 5.97. The summed E-state index contributed by atoms with van der Waals surface area (Å²) in [5, 5.41) is 2.21. The molecule has 0 aromatic rings. The lowest BCUT2D eigenvalue weighted by Crippen LogP contribution is -2.45. The molecule has 14 heavy (non-hydrogen) atoms. The smallest absolute Gasteiger partial charge is 0.0812 e. The molecule has 0 aromatic heterocycles. The largest absolute Gasteiger partial charge is 0.295 e. The predicted molar refractivity (Wildman–Crippen MR) is 57.8 cm³/mol. The fraction of sp³-hybridized carbons (Fsp3) is 0.833. The first kappa shape index (κ1) is 10.2. The molecule has 3 unspecified atom stereocenters. The van der Waals surface area contributed by atoms with Crippen molar-refractivity contribution in [3.63, 3.8) is 0 Å². The van der Waals surface area contributed by atoms with Crippen LogP contribution in [0.4, 0.5) is 0 Å². The Kier molecular flexibility index (Phi) is 2.44. The summed E-state index contributed by atoms with van der Waals surface area (Å²) in [7, 11) is 0. The van der Waals surface area contributed by atoms with E-state index in [1.165, 1.54) is 6.42 Å². The number of nitrogens with zero attached hydrogens (tertiary/aromatic N) is 1. The van der Waals surface area contributed by atoms with E-state index in [2.05, 4.69) is 44.9 Å². The molecular formula is C12H21NO. The zero-order valence-corrected chi connectivity index (χ0v) is 9.66. The van der Waals surface area contributed by atoms with Crippen LogP contribution in [0.15, 0.2) is 12.2 Å². The first-order chi connectivity index (χ1) is 6.50. The van der Waals surface area contributed by atoms with Crippen LogP contribution in [0.5, 0.6) is 0 Å². The third kappa shape index (κ3) is 1.61. The maximum atomic E-state index is 5.97. The third-order valence-corrected chi connectivity index (χ3v) is 3.29. The number of hydrogen-bond donors (Lipinski definition) is 0. The van der Waals surface area contributed by atoms with Gasteiger partial charge in [0.15, 0.2) is 0 Å². The highest BCUT2D eigenvalue weighted by atomic mass is 16.7. The molecule has 0 N–H and O–H groups in total. The Labute approximate surface area is 86.9 Å². The van der Waals surface area contributed by atoms with Gasteiger partial charge in [0.2, 0.25) is 0 Å². The topological polar surface area (TPSA) is 12.5 Å². The van der Waals surface area contributed by atoms with Crippen LogP contribution in [-0.4, -0.2) is 22.7 Å². The Bertz CT molecular complexity index is 241. The molecule has 1 fully saturated rings. The average Bonchev–Trinajstić information content (AvgIpc) is 2.44. The Balaban J connectivity index is 2.19. The van der Waals surface area contributed by atoms with E-state index in [0.29, 0.717) is 18.1 Å². The van der Waals surface area contributed by atoms with Crippen molar-refractivity contribution >= 4 is 0 Å². The molecule has 80 valence electrons. The number of rotatable bonds is 0. The van der Waals surface area contributed by atoms with Crippen molar-refractivity contribution in [1.82, 2.24) is 5.06 Å². The van der Waals surface area contributed by atoms with Crippen LogP contribution in [-0.2, 0) is 4.84 Å². The Hall–Kier alpha value is -0.340. The lowest BCUT2D eigenvalue weighted by molar-refractivity contribution is -0.207. The van der Waals surface area contributed by atoms with Gasteiger partial charge in [-0.25, -0.2) is 0 Å². The SMILES string of the molecule is CC1ON(C(C)(C)C)C2CC=CCC12. The van der Waals surface area contributed by atoms with Gasteiger partial charge in [0.1, 0.15) is 0 Å². The molecule has 0 amide bonds. The number of fused-ring (bicyclic) bond motifs is 1. The number of allylic oxidation sites excluding steroid dienone is 1. The molecule has 2 aliphatic rings. The molecule has 3 atom stereocenters.